The lowest BCUT2D eigenvalue weighted by Gasteiger charge is -2.27. The summed E-state index contributed by atoms with van der Waals surface area (Å²) < 4.78 is 2.90. The van der Waals surface area contributed by atoms with Crippen LogP contribution in [-0.2, 0) is 0 Å². The molecule has 2 N–H and O–H groups in total. The normalized spacial score (nSPS) is 19.0. The van der Waals surface area contributed by atoms with Crippen LogP contribution in [0.2, 0.25) is 0 Å². The Morgan fingerprint density at radius 1 is 0.585 bits per heavy atom. The highest BCUT2D eigenvalue weighted by atomic mass is 32.2. The molecule has 5 aromatic rings. The molecule has 4 unspecified atom stereocenters. The van der Waals surface area contributed by atoms with Gasteiger partial charge in [0.15, 0.2) is 0 Å². The number of rotatable bonds is 6. The Morgan fingerprint density at radius 2 is 0.976 bits per heavy atom. The van der Waals surface area contributed by atoms with E-state index in [2.05, 4.69) is 148 Å². The van der Waals surface area contributed by atoms with Gasteiger partial charge in [0.1, 0.15) is 0 Å². The summed E-state index contributed by atoms with van der Waals surface area (Å²) in [7, 11) is 0. The second kappa shape index (κ2) is 10.4. The highest BCUT2D eigenvalue weighted by Crippen LogP contribution is 2.49. The molecule has 2 aliphatic heterocycles. The number of aromatic amines is 2. The number of thioether (sulfide) groups is 2. The summed E-state index contributed by atoms with van der Waals surface area (Å²) in [6, 6.07) is 18.2. The maximum Gasteiger partial charge on any atom is 0.0416 e. The number of aryl methyl sites for hydroxylation is 6. The highest BCUT2D eigenvalue weighted by Gasteiger charge is 2.37. The van der Waals surface area contributed by atoms with Crippen LogP contribution in [0.1, 0.15) is 67.7 Å². The molecule has 0 saturated heterocycles. The molecule has 5 heteroatoms. The summed E-state index contributed by atoms with van der Waals surface area (Å²) in [5, 5.41) is 0.724. The Labute approximate surface area is 255 Å². The molecule has 0 aliphatic carbocycles. The number of fused-ring (bicyclic) bond motifs is 3. The topological polar surface area (TPSA) is 31.6 Å². The standard InChI is InChI=1S/C36H36N2S3/c1-19-13-21(3)31(22(4)14-19)33(25-9-7-11-37-25)27-17-29-35(40-27)36-30(39-29)18-28(41-36)34(26-10-8-12-38-26)32-23(5)15-20(2)16-24(32)6/h7-18,27-28,33-34,37-38H,1-6H3. The van der Waals surface area contributed by atoms with Crippen molar-refractivity contribution in [3.8, 4) is 0 Å². The lowest BCUT2D eigenvalue weighted by atomic mass is 9.85. The number of benzene rings is 2. The number of hydrogen-bond donors (Lipinski definition) is 2. The van der Waals surface area contributed by atoms with E-state index in [0.29, 0.717) is 22.3 Å². The van der Waals surface area contributed by atoms with E-state index in [-0.39, 0.29) is 0 Å². The van der Waals surface area contributed by atoms with Crippen LogP contribution < -0.4 is 9.06 Å². The third-order valence-electron chi connectivity index (χ3n) is 8.68. The SMILES string of the molecule is Cc1cc(C)c(C(c2ccc[nH]2)C2C=c3sc4c(c3S2)SC(C(c2ccc[nH]2)c2c(C)cc(C)cc2C)C=4)c(C)c1. The minimum atomic E-state index is 0.293. The smallest absolute Gasteiger partial charge is 0.0416 e. The van der Waals surface area contributed by atoms with E-state index in [4.69, 9.17) is 0 Å². The van der Waals surface area contributed by atoms with Crippen LogP contribution in [0.3, 0.4) is 0 Å². The maximum absolute atomic E-state index is 3.58. The average molecular weight is 593 g/mol. The van der Waals surface area contributed by atoms with Crippen molar-refractivity contribution in [1.29, 1.82) is 0 Å². The van der Waals surface area contributed by atoms with Crippen LogP contribution in [0.5, 0.6) is 0 Å². The first-order valence-electron chi connectivity index (χ1n) is 14.4. The minimum absolute atomic E-state index is 0.293. The number of nitrogens with one attached hydrogen (secondary N) is 2. The third-order valence-corrected chi connectivity index (χ3v) is 12.9. The lowest BCUT2D eigenvalue weighted by molar-refractivity contribution is 0.822. The van der Waals surface area contributed by atoms with Gasteiger partial charge in [0.2, 0.25) is 0 Å². The van der Waals surface area contributed by atoms with Crippen molar-refractivity contribution >= 4 is 47.0 Å². The predicted octanol–water partition coefficient (Wildman–Crippen LogP) is 8.43. The first-order chi connectivity index (χ1) is 19.8. The van der Waals surface area contributed by atoms with Crippen LogP contribution >= 0.6 is 34.9 Å². The van der Waals surface area contributed by atoms with Gasteiger partial charge in [-0.3, -0.25) is 0 Å². The molecule has 208 valence electrons. The van der Waals surface area contributed by atoms with Gasteiger partial charge in [0.25, 0.3) is 0 Å². The molecule has 41 heavy (non-hydrogen) atoms. The minimum Gasteiger partial charge on any atom is -0.364 e. The molecular formula is C36H36N2S3. The van der Waals surface area contributed by atoms with Crippen molar-refractivity contribution in [2.45, 2.75) is 73.7 Å². The van der Waals surface area contributed by atoms with E-state index in [1.165, 1.54) is 74.8 Å². The van der Waals surface area contributed by atoms with Crippen LogP contribution in [0.15, 0.2) is 70.7 Å². The second-order valence-electron chi connectivity index (χ2n) is 11.8. The molecule has 0 saturated carbocycles. The Balaban J connectivity index is 1.27. The Hall–Kier alpha value is -2.86. The summed E-state index contributed by atoms with van der Waals surface area (Å²) in [6.07, 6.45) is 9.24. The van der Waals surface area contributed by atoms with Crippen LogP contribution in [0, 0.1) is 41.5 Å². The molecule has 0 bridgehead atoms. The Kier molecular flexibility index (Phi) is 6.88. The van der Waals surface area contributed by atoms with Crippen molar-refractivity contribution in [2.75, 3.05) is 0 Å². The van der Waals surface area contributed by atoms with Crippen LogP contribution in [-0.4, -0.2) is 20.5 Å². The van der Waals surface area contributed by atoms with E-state index in [1.54, 1.807) is 0 Å². The zero-order valence-electron chi connectivity index (χ0n) is 24.5. The van der Waals surface area contributed by atoms with Gasteiger partial charge in [-0.25, -0.2) is 0 Å². The monoisotopic (exact) mass is 592 g/mol. The van der Waals surface area contributed by atoms with Crippen molar-refractivity contribution in [2.24, 2.45) is 0 Å². The molecule has 0 spiro atoms. The quantitative estimate of drug-likeness (QED) is 0.207. The molecule has 5 heterocycles. The zero-order valence-corrected chi connectivity index (χ0v) is 26.9. The summed E-state index contributed by atoms with van der Waals surface area (Å²) in [5.41, 5.74) is 13.7. The van der Waals surface area contributed by atoms with E-state index >= 15 is 0 Å². The van der Waals surface area contributed by atoms with Crippen LogP contribution in [0.25, 0.3) is 12.2 Å². The molecule has 7 rings (SSSR count). The van der Waals surface area contributed by atoms with Gasteiger partial charge in [0.05, 0.1) is 0 Å². The molecule has 0 fully saturated rings. The third kappa shape index (κ3) is 4.67. The van der Waals surface area contributed by atoms with Gasteiger partial charge in [-0.05, 0) is 99.2 Å². The molecule has 3 aromatic heterocycles. The Morgan fingerprint density at radius 3 is 1.32 bits per heavy atom. The van der Waals surface area contributed by atoms with Crippen LogP contribution in [0.4, 0.5) is 0 Å². The molecule has 0 radical (unpaired) electrons. The Bertz CT molecular complexity index is 1690. The lowest BCUT2D eigenvalue weighted by Crippen LogP contribution is -2.17. The zero-order chi connectivity index (χ0) is 28.4. The predicted molar refractivity (Wildman–Crippen MR) is 178 cm³/mol. The van der Waals surface area contributed by atoms with E-state index in [9.17, 15) is 0 Å². The summed E-state index contributed by atoms with van der Waals surface area (Å²) in [5.74, 6) is 0.586. The first-order valence-corrected chi connectivity index (χ1v) is 17.0. The van der Waals surface area contributed by atoms with E-state index < -0.39 is 0 Å². The summed E-state index contributed by atoms with van der Waals surface area (Å²) in [4.78, 5) is 10.1. The van der Waals surface area contributed by atoms with Gasteiger partial charge < -0.3 is 9.97 Å². The van der Waals surface area contributed by atoms with Gasteiger partial charge in [-0.1, -0.05) is 47.5 Å². The van der Waals surface area contributed by atoms with Gasteiger partial charge in [-0.15, -0.1) is 34.9 Å². The average Bonchev–Trinajstić information content (AvgIpc) is 3.71. The largest absolute Gasteiger partial charge is 0.364 e. The van der Waals surface area contributed by atoms with Crippen molar-refractivity contribution in [3.63, 3.8) is 0 Å². The van der Waals surface area contributed by atoms with Crippen molar-refractivity contribution in [3.05, 3.63) is 126 Å². The molecule has 0 amide bonds. The maximum atomic E-state index is 3.58. The van der Waals surface area contributed by atoms with Crippen molar-refractivity contribution < 1.29 is 0 Å². The fraction of sp³-hybridized carbons (Fsp3) is 0.278. The molecule has 2 nitrogen and oxygen atoms in total. The number of hydrogen-bond acceptors (Lipinski definition) is 3. The number of aromatic nitrogens is 2. The van der Waals surface area contributed by atoms with Gasteiger partial charge >= 0.3 is 0 Å². The molecule has 2 aromatic carbocycles. The fourth-order valence-corrected chi connectivity index (χ4v) is 12.1. The van der Waals surface area contributed by atoms with Gasteiger partial charge in [0, 0.05) is 65.0 Å². The van der Waals surface area contributed by atoms with E-state index in [1.807, 2.05) is 11.3 Å². The fourth-order valence-electron chi connectivity index (χ4n) is 7.28. The number of H-pyrrole nitrogens is 2. The summed E-state index contributed by atoms with van der Waals surface area (Å²) in [6.45, 7) is 13.5. The second-order valence-corrected chi connectivity index (χ2v) is 15.3. The molecular weight excluding hydrogens is 557 g/mol. The highest BCUT2D eigenvalue weighted by molar-refractivity contribution is 8.03. The summed E-state index contributed by atoms with van der Waals surface area (Å²) >= 11 is 6.13. The molecule has 4 atom stereocenters. The van der Waals surface area contributed by atoms with Crippen molar-refractivity contribution in [1.82, 2.24) is 9.97 Å². The molecule has 2 aliphatic rings. The van der Waals surface area contributed by atoms with Gasteiger partial charge in [-0.2, -0.15) is 0 Å². The van der Waals surface area contributed by atoms with E-state index in [0.717, 1.165) is 0 Å². The number of thiophene rings is 1. The first kappa shape index (κ1) is 27.0.